The second-order valence-electron chi connectivity index (χ2n) is 5.75. The summed E-state index contributed by atoms with van der Waals surface area (Å²) in [6.07, 6.45) is 1.28. The number of nitrogens with two attached hydrogens (primary N) is 2. The van der Waals surface area contributed by atoms with Crippen molar-refractivity contribution in [1.82, 2.24) is 0 Å². The third-order valence-electron chi connectivity index (χ3n) is 5.03. The minimum Gasteiger partial charge on any atom is -0.369 e. The lowest BCUT2D eigenvalue weighted by atomic mass is 9.51. The molecule has 0 aromatic heterocycles. The fourth-order valence-electron chi connectivity index (χ4n) is 2.85. The fraction of sp³-hybridized carbons (Fsp3) is 0.833. The molecule has 1 fully saturated rings. The van der Waals surface area contributed by atoms with E-state index in [9.17, 15) is 9.59 Å². The summed E-state index contributed by atoms with van der Waals surface area (Å²) in [6, 6.07) is 0. The molecule has 1 rings (SSSR count). The van der Waals surface area contributed by atoms with Crippen LogP contribution in [0.5, 0.6) is 0 Å². The summed E-state index contributed by atoms with van der Waals surface area (Å²) in [4.78, 5) is 23.0. The summed E-state index contributed by atoms with van der Waals surface area (Å²) in [5.74, 6) is -0.641. The van der Waals surface area contributed by atoms with Gasteiger partial charge in [-0.2, -0.15) is 0 Å². The molecule has 3 unspecified atom stereocenters. The first-order valence-electron chi connectivity index (χ1n) is 5.74. The van der Waals surface area contributed by atoms with Crippen molar-refractivity contribution < 1.29 is 9.59 Å². The number of hydrogen-bond acceptors (Lipinski definition) is 2. The van der Waals surface area contributed by atoms with Gasteiger partial charge in [-0.25, -0.2) is 0 Å². The van der Waals surface area contributed by atoms with Crippen molar-refractivity contribution >= 4 is 11.8 Å². The van der Waals surface area contributed by atoms with E-state index in [-0.39, 0.29) is 29.1 Å². The molecule has 0 radical (unpaired) electrons. The predicted molar refractivity (Wildman–Crippen MR) is 62.2 cm³/mol. The molecule has 0 aromatic rings. The first-order chi connectivity index (χ1) is 7.14. The highest BCUT2D eigenvalue weighted by atomic mass is 16.1. The van der Waals surface area contributed by atoms with Gasteiger partial charge in [0, 0.05) is 5.92 Å². The molecule has 4 nitrogen and oxygen atoms in total. The number of carbonyl (C=O) groups excluding carboxylic acids is 2. The van der Waals surface area contributed by atoms with Crippen LogP contribution in [0.1, 0.15) is 40.5 Å². The van der Waals surface area contributed by atoms with E-state index in [0.29, 0.717) is 12.8 Å². The Morgan fingerprint density at radius 3 is 2.06 bits per heavy atom. The lowest BCUT2D eigenvalue weighted by molar-refractivity contribution is -0.148. The number of carbonyl (C=O) groups is 2. The fourth-order valence-corrected chi connectivity index (χ4v) is 2.85. The van der Waals surface area contributed by atoms with Crippen LogP contribution >= 0.6 is 0 Å². The first-order valence-corrected chi connectivity index (χ1v) is 5.74. The van der Waals surface area contributed by atoms with Gasteiger partial charge in [-0.15, -0.1) is 0 Å². The van der Waals surface area contributed by atoms with Gasteiger partial charge in [-0.05, 0) is 24.2 Å². The number of amides is 2. The minimum atomic E-state index is -0.557. The van der Waals surface area contributed by atoms with E-state index in [0.717, 1.165) is 0 Å². The molecule has 4 heteroatoms. The molecular formula is C12H22N2O2. The zero-order valence-electron chi connectivity index (χ0n) is 10.5. The number of rotatable bonds is 2. The van der Waals surface area contributed by atoms with Crippen LogP contribution in [0.15, 0.2) is 0 Å². The van der Waals surface area contributed by atoms with Crippen LogP contribution in [-0.4, -0.2) is 11.8 Å². The minimum absolute atomic E-state index is 0.0660. The SMILES string of the molecule is CC1C(C(N)=O)CCC(C)(C(N)=O)C1(C)C. The third-order valence-corrected chi connectivity index (χ3v) is 5.03. The maximum absolute atomic E-state index is 11.6. The van der Waals surface area contributed by atoms with Gasteiger partial charge in [0.05, 0.1) is 5.41 Å². The van der Waals surface area contributed by atoms with Gasteiger partial charge in [-0.3, -0.25) is 9.59 Å². The van der Waals surface area contributed by atoms with Crippen LogP contribution in [0, 0.1) is 22.7 Å². The van der Waals surface area contributed by atoms with Crippen molar-refractivity contribution in [2.24, 2.45) is 34.1 Å². The molecule has 92 valence electrons. The van der Waals surface area contributed by atoms with Crippen LogP contribution in [-0.2, 0) is 9.59 Å². The molecule has 0 bridgehead atoms. The molecule has 0 spiro atoms. The topological polar surface area (TPSA) is 86.2 Å². The normalized spacial score (nSPS) is 38.0. The predicted octanol–water partition coefficient (Wildman–Crippen LogP) is 1.04. The molecule has 4 N–H and O–H groups in total. The third kappa shape index (κ3) is 1.60. The van der Waals surface area contributed by atoms with Crippen molar-refractivity contribution in [3.05, 3.63) is 0 Å². The summed E-state index contributed by atoms with van der Waals surface area (Å²) >= 11 is 0. The van der Waals surface area contributed by atoms with Gasteiger partial charge in [0.2, 0.25) is 11.8 Å². The zero-order chi connectivity index (χ0) is 12.7. The van der Waals surface area contributed by atoms with E-state index in [1.807, 2.05) is 27.7 Å². The Bertz CT molecular complexity index is 325. The van der Waals surface area contributed by atoms with Gasteiger partial charge in [-0.1, -0.05) is 27.7 Å². The van der Waals surface area contributed by atoms with Gasteiger partial charge >= 0.3 is 0 Å². The number of hydrogen-bond donors (Lipinski definition) is 2. The largest absolute Gasteiger partial charge is 0.369 e. The van der Waals surface area contributed by atoms with Crippen molar-refractivity contribution in [1.29, 1.82) is 0 Å². The highest BCUT2D eigenvalue weighted by Crippen LogP contribution is 2.54. The lowest BCUT2D eigenvalue weighted by Gasteiger charge is -2.52. The van der Waals surface area contributed by atoms with Crippen LogP contribution < -0.4 is 11.5 Å². The maximum Gasteiger partial charge on any atom is 0.223 e. The average molecular weight is 226 g/mol. The van der Waals surface area contributed by atoms with Gasteiger partial charge in [0.15, 0.2) is 0 Å². The smallest absolute Gasteiger partial charge is 0.223 e. The van der Waals surface area contributed by atoms with E-state index in [4.69, 9.17) is 11.5 Å². The summed E-state index contributed by atoms with van der Waals surface area (Å²) in [5, 5.41) is 0. The van der Waals surface area contributed by atoms with E-state index in [1.54, 1.807) is 0 Å². The maximum atomic E-state index is 11.6. The molecule has 16 heavy (non-hydrogen) atoms. The molecule has 0 aromatic carbocycles. The Hall–Kier alpha value is -1.06. The summed E-state index contributed by atoms with van der Waals surface area (Å²) in [5.41, 5.74) is 10.0. The molecule has 0 aliphatic heterocycles. The Labute approximate surface area is 96.8 Å². The molecule has 1 saturated carbocycles. The van der Waals surface area contributed by atoms with Crippen LogP contribution in [0.25, 0.3) is 0 Å². The quantitative estimate of drug-likeness (QED) is 0.737. The first kappa shape index (κ1) is 13.0. The van der Waals surface area contributed by atoms with E-state index < -0.39 is 5.41 Å². The van der Waals surface area contributed by atoms with Gasteiger partial charge < -0.3 is 11.5 Å². The summed E-state index contributed by atoms with van der Waals surface area (Å²) < 4.78 is 0. The van der Waals surface area contributed by atoms with Crippen LogP contribution in [0.3, 0.4) is 0 Å². The molecule has 2 amide bonds. The molecule has 1 aliphatic carbocycles. The molecule has 1 aliphatic rings. The Balaban J connectivity index is 3.10. The second kappa shape index (κ2) is 3.75. The summed E-state index contributed by atoms with van der Waals surface area (Å²) in [7, 11) is 0. The van der Waals surface area contributed by atoms with E-state index >= 15 is 0 Å². The second-order valence-corrected chi connectivity index (χ2v) is 5.75. The molecule has 0 heterocycles. The van der Waals surface area contributed by atoms with Crippen LogP contribution in [0.2, 0.25) is 0 Å². The van der Waals surface area contributed by atoms with Gasteiger partial charge in [0.25, 0.3) is 0 Å². The van der Waals surface area contributed by atoms with Crippen molar-refractivity contribution in [2.45, 2.75) is 40.5 Å². The molecule has 0 saturated heterocycles. The Kier molecular flexibility index (Phi) is 3.05. The van der Waals surface area contributed by atoms with Crippen LogP contribution in [0.4, 0.5) is 0 Å². The monoisotopic (exact) mass is 226 g/mol. The average Bonchev–Trinajstić information content (AvgIpc) is 2.14. The van der Waals surface area contributed by atoms with E-state index in [1.165, 1.54) is 0 Å². The van der Waals surface area contributed by atoms with E-state index in [2.05, 4.69) is 0 Å². The number of primary amides is 2. The molecule has 3 atom stereocenters. The standard InChI is InChI=1S/C12H22N2O2/c1-7-8(9(13)15)5-6-12(4,10(14)16)11(7,2)3/h7-8H,5-6H2,1-4H3,(H2,13,15)(H2,14,16). The molecular weight excluding hydrogens is 204 g/mol. The van der Waals surface area contributed by atoms with Gasteiger partial charge in [0.1, 0.15) is 0 Å². The van der Waals surface area contributed by atoms with Crippen molar-refractivity contribution in [3.8, 4) is 0 Å². The Morgan fingerprint density at radius 2 is 1.69 bits per heavy atom. The Morgan fingerprint density at radius 1 is 1.19 bits per heavy atom. The van der Waals surface area contributed by atoms with Crippen molar-refractivity contribution in [2.75, 3.05) is 0 Å². The summed E-state index contributed by atoms with van der Waals surface area (Å²) in [6.45, 7) is 7.87. The highest BCUT2D eigenvalue weighted by molar-refractivity contribution is 5.83. The lowest BCUT2D eigenvalue weighted by Crippen LogP contribution is -2.55. The highest BCUT2D eigenvalue weighted by Gasteiger charge is 2.54. The van der Waals surface area contributed by atoms with Crippen molar-refractivity contribution in [3.63, 3.8) is 0 Å². The zero-order valence-corrected chi connectivity index (χ0v) is 10.5.